The molecule has 0 bridgehead atoms. The van der Waals surface area contributed by atoms with Crippen molar-refractivity contribution in [2.45, 2.75) is 26.4 Å². The first-order chi connectivity index (χ1) is 14.3. The standard InChI is InChI=1S/C22H25N5O3/c1-22(2,3)30-21(29)27-26-15-10-11-18-16(12-15)19(17(13-24-18)20(28)23-4)25-14-8-6-5-7-9-14/h5-13,26H,1-4H3,(H,23,28)(H,24,25)(H,27,29). The summed E-state index contributed by atoms with van der Waals surface area (Å²) in [4.78, 5) is 28.7. The van der Waals surface area contributed by atoms with Crippen LogP contribution in [0.2, 0.25) is 0 Å². The molecule has 1 aromatic heterocycles. The molecule has 0 unspecified atom stereocenters. The molecule has 0 aliphatic carbocycles. The average molecular weight is 407 g/mol. The van der Waals surface area contributed by atoms with Gasteiger partial charge in [0.1, 0.15) is 5.60 Å². The van der Waals surface area contributed by atoms with Gasteiger partial charge in [0.2, 0.25) is 0 Å². The van der Waals surface area contributed by atoms with E-state index in [0.29, 0.717) is 22.5 Å². The van der Waals surface area contributed by atoms with Crippen molar-refractivity contribution in [1.29, 1.82) is 0 Å². The van der Waals surface area contributed by atoms with Crippen LogP contribution in [-0.4, -0.2) is 29.6 Å². The Kier molecular flexibility index (Phi) is 6.06. The lowest BCUT2D eigenvalue weighted by molar-refractivity contribution is 0.0541. The number of nitrogens with one attached hydrogen (secondary N) is 4. The fourth-order valence-electron chi connectivity index (χ4n) is 2.80. The van der Waals surface area contributed by atoms with Crippen molar-refractivity contribution in [3.05, 3.63) is 60.3 Å². The fraction of sp³-hybridized carbons (Fsp3) is 0.227. The van der Waals surface area contributed by atoms with Gasteiger partial charge in [0.15, 0.2) is 0 Å². The first kappa shape index (κ1) is 20.9. The van der Waals surface area contributed by atoms with E-state index >= 15 is 0 Å². The van der Waals surface area contributed by atoms with Crippen LogP contribution in [0, 0.1) is 0 Å². The molecule has 8 nitrogen and oxygen atoms in total. The molecule has 8 heteroatoms. The van der Waals surface area contributed by atoms with E-state index in [-0.39, 0.29) is 5.91 Å². The Morgan fingerprint density at radius 3 is 2.40 bits per heavy atom. The van der Waals surface area contributed by atoms with Gasteiger partial charge < -0.3 is 15.4 Å². The summed E-state index contributed by atoms with van der Waals surface area (Å²) >= 11 is 0. The summed E-state index contributed by atoms with van der Waals surface area (Å²) < 4.78 is 5.22. The van der Waals surface area contributed by atoms with E-state index in [1.807, 2.05) is 30.3 Å². The zero-order valence-electron chi connectivity index (χ0n) is 17.4. The van der Waals surface area contributed by atoms with Crippen LogP contribution in [0.4, 0.5) is 21.9 Å². The van der Waals surface area contributed by atoms with Crippen LogP contribution in [0.15, 0.2) is 54.7 Å². The lowest BCUT2D eigenvalue weighted by Gasteiger charge is -2.20. The Morgan fingerprint density at radius 2 is 1.73 bits per heavy atom. The topological polar surface area (TPSA) is 104 Å². The van der Waals surface area contributed by atoms with Crippen molar-refractivity contribution in [3.63, 3.8) is 0 Å². The number of benzene rings is 2. The maximum atomic E-state index is 12.4. The lowest BCUT2D eigenvalue weighted by Crippen LogP contribution is -2.35. The third kappa shape index (κ3) is 5.16. The normalized spacial score (nSPS) is 10.9. The number of nitrogens with zero attached hydrogens (tertiary/aromatic N) is 1. The highest BCUT2D eigenvalue weighted by molar-refractivity contribution is 6.08. The minimum absolute atomic E-state index is 0.256. The number of anilines is 3. The zero-order valence-corrected chi connectivity index (χ0v) is 17.4. The molecule has 30 heavy (non-hydrogen) atoms. The van der Waals surface area contributed by atoms with Crippen molar-refractivity contribution in [2.24, 2.45) is 0 Å². The second-order valence-electron chi connectivity index (χ2n) is 7.60. The van der Waals surface area contributed by atoms with E-state index in [2.05, 4.69) is 26.5 Å². The molecule has 0 saturated heterocycles. The summed E-state index contributed by atoms with van der Waals surface area (Å²) in [6.45, 7) is 5.36. The summed E-state index contributed by atoms with van der Waals surface area (Å²) in [6.07, 6.45) is 0.945. The highest BCUT2D eigenvalue weighted by atomic mass is 16.6. The molecule has 2 amide bonds. The van der Waals surface area contributed by atoms with Gasteiger partial charge in [0.05, 0.1) is 22.5 Å². The Balaban J connectivity index is 1.96. The number of hydrazine groups is 1. The molecule has 0 radical (unpaired) electrons. The molecule has 0 aliphatic rings. The Labute approximate surface area is 175 Å². The predicted octanol–water partition coefficient (Wildman–Crippen LogP) is 4.19. The Bertz CT molecular complexity index is 1060. The summed E-state index contributed by atoms with van der Waals surface area (Å²) in [7, 11) is 1.57. The number of fused-ring (bicyclic) bond motifs is 1. The molecule has 3 aromatic rings. The molecule has 4 N–H and O–H groups in total. The molecule has 0 aliphatic heterocycles. The van der Waals surface area contributed by atoms with Crippen molar-refractivity contribution >= 4 is 40.0 Å². The van der Waals surface area contributed by atoms with E-state index in [1.165, 1.54) is 0 Å². The van der Waals surface area contributed by atoms with Crippen LogP contribution in [-0.2, 0) is 4.74 Å². The minimum Gasteiger partial charge on any atom is -0.443 e. The number of ether oxygens (including phenoxy) is 1. The Hall–Kier alpha value is -3.81. The van der Waals surface area contributed by atoms with Crippen LogP contribution < -0.4 is 21.5 Å². The summed E-state index contributed by atoms with van der Waals surface area (Å²) in [6, 6.07) is 14.9. The maximum Gasteiger partial charge on any atom is 0.426 e. The molecule has 0 spiro atoms. The third-order valence-corrected chi connectivity index (χ3v) is 4.09. The number of pyridine rings is 1. The largest absolute Gasteiger partial charge is 0.443 e. The zero-order chi connectivity index (χ0) is 21.7. The van der Waals surface area contributed by atoms with Crippen molar-refractivity contribution in [1.82, 2.24) is 15.7 Å². The summed E-state index contributed by atoms with van der Waals surface area (Å²) in [5.41, 5.74) is 7.90. The number of rotatable bonds is 5. The van der Waals surface area contributed by atoms with E-state index < -0.39 is 11.7 Å². The minimum atomic E-state index is -0.603. The van der Waals surface area contributed by atoms with Gasteiger partial charge in [-0.25, -0.2) is 10.2 Å². The fourth-order valence-corrected chi connectivity index (χ4v) is 2.80. The van der Waals surface area contributed by atoms with Crippen molar-refractivity contribution in [3.8, 4) is 0 Å². The highest BCUT2D eigenvalue weighted by Crippen LogP contribution is 2.31. The van der Waals surface area contributed by atoms with E-state index in [9.17, 15) is 9.59 Å². The average Bonchev–Trinajstić information content (AvgIpc) is 2.71. The van der Waals surface area contributed by atoms with Crippen molar-refractivity contribution in [2.75, 3.05) is 17.8 Å². The van der Waals surface area contributed by atoms with Crippen LogP contribution in [0.5, 0.6) is 0 Å². The number of hydrogen-bond donors (Lipinski definition) is 4. The van der Waals surface area contributed by atoms with E-state index in [1.54, 1.807) is 52.2 Å². The quantitative estimate of drug-likeness (QED) is 0.473. The van der Waals surface area contributed by atoms with Crippen molar-refractivity contribution < 1.29 is 14.3 Å². The SMILES string of the molecule is CNC(=O)c1cnc2ccc(NNC(=O)OC(C)(C)C)cc2c1Nc1ccccc1. The molecule has 1 heterocycles. The van der Waals surface area contributed by atoms with Crippen LogP contribution in [0.3, 0.4) is 0 Å². The number of aromatic nitrogens is 1. The van der Waals surface area contributed by atoms with Gasteiger partial charge in [-0.2, -0.15) is 0 Å². The predicted molar refractivity (Wildman–Crippen MR) is 118 cm³/mol. The van der Waals surface area contributed by atoms with Gasteiger partial charge >= 0.3 is 6.09 Å². The molecular weight excluding hydrogens is 382 g/mol. The number of carbonyl (C=O) groups excluding carboxylic acids is 2. The first-order valence-corrected chi connectivity index (χ1v) is 9.49. The highest BCUT2D eigenvalue weighted by Gasteiger charge is 2.17. The number of carbonyl (C=O) groups is 2. The number of amides is 2. The second-order valence-corrected chi connectivity index (χ2v) is 7.60. The second kappa shape index (κ2) is 8.69. The molecule has 0 fully saturated rings. The molecule has 0 atom stereocenters. The van der Waals surface area contributed by atoms with Gasteiger partial charge in [-0.1, -0.05) is 18.2 Å². The Morgan fingerprint density at radius 1 is 1.00 bits per heavy atom. The van der Waals surface area contributed by atoms with Gasteiger partial charge in [-0.3, -0.25) is 15.2 Å². The number of hydrogen-bond acceptors (Lipinski definition) is 6. The van der Waals surface area contributed by atoms with Crippen LogP contribution in [0.25, 0.3) is 10.9 Å². The van der Waals surface area contributed by atoms with Gasteiger partial charge in [-0.15, -0.1) is 0 Å². The molecule has 0 saturated carbocycles. The summed E-state index contributed by atoms with van der Waals surface area (Å²) in [5, 5.41) is 6.67. The third-order valence-electron chi connectivity index (χ3n) is 4.09. The molecular formula is C22H25N5O3. The maximum absolute atomic E-state index is 12.4. The summed E-state index contributed by atoms with van der Waals surface area (Å²) in [5.74, 6) is -0.256. The molecule has 2 aromatic carbocycles. The van der Waals surface area contributed by atoms with Crippen LogP contribution >= 0.6 is 0 Å². The van der Waals surface area contributed by atoms with Gasteiger partial charge in [0, 0.05) is 24.3 Å². The monoisotopic (exact) mass is 407 g/mol. The first-order valence-electron chi connectivity index (χ1n) is 9.49. The smallest absolute Gasteiger partial charge is 0.426 e. The number of para-hydroxylation sites is 1. The van der Waals surface area contributed by atoms with Crippen LogP contribution in [0.1, 0.15) is 31.1 Å². The lowest BCUT2D eigenvalue weighted by atomic mass is 10.1. The van der Waals surface area contributed by atoms with Gasteiger partial charge in [0.25, 0.3) is 5.91 Å². The van der Waals surface area contributed by atoms with E-state index in [4.69, 9.17) is 4.74 Å². The molecule has 156 valence electrons. The molecule has 3 rings (SSSR count). The van der Waals surface area contributed by atoms with E-state index in [0.717, 1.165) is 11.1 Å². The van der Waals surface area contributed by atoms with Gasteiger partial charge in [-0.05, 0) is 51.1 Å².